The Balaban J connectivity index is 1.36. The van der Waals surface area contributed by atoms with E-state index in [1.54, 1.807) is 0 Å². The first-order valence-corrected chi connectivity index (χ1v) is 15.1. The Kier molecular flexibility index (Phi) is 6.05. The standard InChI is InChI=1S/C40H27NS/c1-4-12-28(13-5-1)30-21-23-38(36(25-30)29-14-6-2-7-15-29)41(33-16-8-3-9-17-33)34-22-20-31-27-40-37(26-32(31)24-34)35-18-10-11-19-39(35)42-40/h1-27H. The van der Waals surface area contributed by atoms with Gasteiger partial charge in [0.2, 0.25) is 0 Å². The van der Waals surface area contributed by atoms with Crippen LogP contribution in [0, 0.1) is 0 Å². The molecule has 0 saturated carbocycles. The van der Waals surface area contributed by atoms with Crippen LogP contribution in [-0.2, 0) is 0 Å². The predicted molar refractivity (Wildman–Crippen MR) is 182 cm³/mol. The molecule has 0 bridgehead atoms. The van der Waals surface area contributed by atoms with Crippen LogP contribution in [-0.4, -0.2) is 0 Å². The second-order valence-corrected chi connectivity index (χ2v) is 11.7. The number of hydrogen-bond acceptors (Lipinski definition) is 2. The Hall–Kier alpha value is -5.18. The Bertz CT molecular complexity index is 2180. The largest absolute Gasteiger partial charge is 0.310 e. The van der Waals surface area contributed by atoms with E-state index < -0.39 is 0 Å². The summed E-state index contributed by atoms with van der Waals surface area (Å²) < 4.78 is 2.67. The summed E-state index contributed by atoms with van der Waals surface area (Å²) in [6.07, 6.45) is 0. The lowest BCUT2D eigenvalue weighted by atomic mass is 9.96. The molecule has 198 valence electrons. The minimum absolute atomic E-state index is 1.13. The zero-order valence-corrected chi connectivity index (χ0v) is 23.8. The van der Waals surface area contributed by atoms with Gasteiger partial charge in [0, 0.05) is 37.1 Å². The number of anilines is 3. The third-order valence-corrected chi connectivity index (χ3v) is 9.15. The zero-order chi connectivity index (χ0) is 27.9. The molecule has 0 aliphatic rings. The molecule has 0 saturated heterocycles. The first kappa shape index (κ1) is 24.6. The van der Waals surface area contributed by atoms with Crippen LogP contribution in [0.4, 0.5) is 17.1 Å². The quantitative estimate of drug-likeness (QED) is 0.205. The van der Waals surface area contributed by atoms with E-state index in [0.717, 1.165) is 17.1 Å². The van der Waals surface area contributed by atoms with Crippen LogP contribution < -0.4 is 4.90 Å². The van der Waals surface area contributed by atoms with Crippen molar-refractivity contribution in [3.05, 3.63) is 164 Å². The molecule has 1 aromatic heterocycles. The minimum atomic E-state index is 1.13. The van der Waals surface area contributed by atoms with Gasteiger partial charge in [0.1, 0.15) is 0 Å². The molecule has 8 aromatic rings. The minimum Gasteiger partial charge on any atom is -0.310 e. The van der Waals surface area contributed by atoms with Crippen molar-refractivity contribution < 1.29 is 0 Å². The highest BCUT2D eigenvalue weighted by atomic mass is 32.1. The highest BCUT2D eigenvalue weighted by Gasteiger charge is 2.19. The summed E-state index contributed by atoms with van der Waals surface area (Å²) in [5, 5.41) is 5.15. The van der Waals surface area contributed by atoms with Crippen molar-refractivity contribution in [1.29, 1.82) is 0 Å². The molecule has 0 spiro atoms. The summed E-state index contributed by atoms with van der Waals surface area (Å²) >= 11 is 1.87. The summed E-state index contributed by atoms with van der Waals surface area (Å²) in [6.45, 7) is 0. The van der Waals surface area contributed by atoms with E-state index >= 15 is 0 Å². The normalized spacial score (nSPS) is 11.3. The molecule has 0 aliphatic heterocycles. The van der Waals surface area contributed by atoms with Crippen LogP contribution >= 0.6 is 11.3 Å². The van der Waals surface area contributed by atoms with Gasteiger partial charge in [0.25, 0.3) is 0 Å². The van der Waals surface area contributed by atoms with Gasteiger partial charge in [-0.3, -0.25) is 0 Å². The average Bonchev–Trinajstić information content (AvgIpc) is 3.42. The Morgan fingerprint density at radius 1 is 0.381 bits per heavy atom. The molecule has 8 rings (SSSR count). The summed E-state index contributed by atoms with van der Waals surface area (Å²) in [7, 11) is 0. The van der Waals surface area contributed by atoms with Crippen molar-refractivity contribution in [3.8, 4) is 22.3 Å². The van der Waals surface area contributed by atoms with Gasteiger partial charge in [-0.05, 0) is 82.1 Å². The molecule has 0 aliphatic carbocycles. The molecular formula is C40H27NS. The molecule has 42 heavy (non-hydrogen) atoms. The Labute approximate surface area is 249 Å². The Morgan fingerprint density at radius 3 is 1.86 bits per heavy atom. The molecule has 1 heterocycles. The lowest BCUT2D eigenvalue weighted by molar-refractivity contribution is 1.29. The molecular weight excluding hydrogens is 527 g/mol. The number of fused-ring (bicyclic) bond motifs is 4. The summed E-state index contributed by atoms with van der Waals surface area (Å²) in [4.78, 5) is 2.40. The topological polar surface area (TPSA) is 3.24 Å². The predicted octanol–water partition coefficient (Wildman–Crippen LogP) is 12.0. The average molecular weight is 554 g/mol. The number of benzene rings is 7. The van der Waals surface area contributed by atoms with Crippen molar-refractivity contribution in [3.63, 3.8) is 0 Å². The van der Waals surface area contributed by atoms with Crippen molar-refractivity contribution in [1.82, 2.24) is 0 Å². The van der Waals surface area contributed by atoms with E-state index in [0.29, 0.717) is 0 Å². The maximum absolute atomic E-state index is 2.40. The number of nitrogens with zero attached hydrogens (tertiary/aromatic N) is 1. The molecule has 0 N–H and O–H groups in total. The molecule has 7 aromatic carbocycles. The third-order valence-electron chi connectivity index (χ3n) is 8.02. The number of thiophene rings is 1. The van der Waals surface area contributed by atoms with Crippen molar-refractivity contribution >= 4 is 59.3 Å². The smallest absolute Gasteiger partial charge is 0.0540 e. The summed E-state index contributed by atoms with van der Waals surface area (Å²) in [5.41, 5.74) is 8.22. The maximum atomic E-state index is 2.40. The molecule has 0 amide bonds. The lowest BCUT2D eigenvalue weighted by Crippen LogP contribution is -2.11. The molecule has 0 atom stereocenters. The van der Waals surface area contributed by atoms with Crippen LogP contribution in [0.1, 0.15) is 0 Å². The van der Waals surface area contributed by atoms with E-state index in [1.165, 1.54) is 53.2 Å². The highest BCUT2D eigenvalue weighted by Crippen LogP contribution is 2.44. The van der Waals surface area contributed by atoms with E-state index in [2.05, 4.69) is 169 Å². The van der Waals surface area contributed by atoms with Crippen LogP contribution in [0.15, 0.2) is 164 Å². The third kappa shape index (κ3) is 4.34. The second-order valence-electron chi connectivity index (χ2n) is 10.6. The molecule has 0 radical (unpaired) electrons. The van der Waals surface area contributed by atoms with Crippen LogP contribution in [0.2, 0.25) is 0 Å². The molecule has 0 fully saturated rings. The highest BCUT2D eigenvalue weighted by molar-refractivity contribution is 7.25. The van der Waals surface area contributed by atoms with E-state index in [1.807, 2.05) is 11.3 Å². The zero-order valence-electron chi connectivity index (χ0n) is 22.9. The first-order chi connectivity index (χ1) is 20.8. The lowest BCUT2D eigenvalue weighted by Gasteiger charge is -2.28. The van der Waals surface area contributed by atoms with Gasteiger partial charge in [-0.25, -0.2) is 0 Å². The van der Waals surface area contributed by atoms with Crippen molar-refractivity contribution in [2.45, 2.75) is 0 Å². The van der Waals surface area contributed by atoms with Gasteiger partial charge in [0.05, 0.1) is 5.69 Å². The van der Waals surface area contributed by atoms with Gasteiger partial charge in [-0.1, -0.05) is 109 Å². The fourth-order valence-electron chi connectivity index (χ4n) is 5.99. The van der Waals surface area contributed by atoms with Crippen molar-refractivity contribution in [2.24, 2.45) is 0 Å². The molecule has 2 heteroatoms. The van der Waals surface area contributed by atoms with Gasteiger partial charge < -0.3 is 4.90 Å². The monoisotopic (exact) mass is 553 g/mol. The van der Waals surface area contributed by atoms with Crippen LogP contribution in [0.25, 0.3) is 53.2 Å². The first-order valence-electron chi connectivity index (χ1n) is 14.3. The fourth-order valence-corrected chi connectivity index (χ4v) is 7.13. The fraction of sp³-hybridized carbons (Fsp3) is 0. The van der Waals surface area contributed by atoms with Gasteiger partial charge >= 0.3 is 0 Å². The maximum Gasteiger partial charge on any atom is 0.0540 e. The summed E-state index contributed by atoms with van der Waals surface area (Å²) in [5.74, 6) is 0. The molecule has 1 nitrogen and oxygen atoms in total. The van der Waals surface area contributed by atoms with Gasteiger partial charge in [0.15, 0.2) is 0 Å². The Morgan fingerprint density at radius 2 is 1.07 bits per heavy atom. The number of rotatable bonds is 5. The van der Waals surface area contributed by atoms with Gasteiger partial charge in [-0.15, -0.1) is 11.3 Å². The van der Waals surface area contributed by atoms with Crippen molar-refractivity contribution in [2.75, 3.05) is 4.90 Å². The number of para-hydroxylation sites is 1. The molecule has 0 unspecified atom stereocenters. The SMILES string of the molecule is c1ccc(-c2ccc(N(c3ccccc3)c3ccc4cc5sc6ccccc6c5cc4c3)c(-c3ccccc3)c2)cc1. The summed E-state index contributed by atoms with van der Waals surface area (Å²) in [6, 6.07) is 59.2. The van der Waals surface area contributed by atoms with Gasteiger partial charge in [-0.2, -0.15) is 0 Å². The van der Waals surface area contributed by atoms with Crippen LogP contribution in [0.3, 0.4) is 0 Å². The second kappa shape index (κ2) is 10.3. The number of hydrogen-bond donors (Lipinski definition) is 0. The van der Waals surface area contributed by atoms with E-state index in [-0.39, 0.29) is 0 Å². The van der Waals surface area contributed by atoms with E-state index in [4.69, 9.17) is 0 Å². The van der Waals surface area contributed by atoms with Crippen LogP contribution in [0.5, 0.6) is 0 Å². The van der Waals surface area contributed by atoms with E-state index in [9.17, 15) is 0 Å².